The van der Waals surface area contributed by atoms with Crippen LogP contribution in [-0.4, -0.2) is 9.97 Å². The Morgan fingerprint density at radius 1 is 1.25 bits per heavy atom. The van der Waals surface area contributed by atoms with Gasteiger partial charge in [0, 0.05) is 0 Å². The zero-order valence-corrected chi connectivity index (χ0v) is 9.61. The molecule has 0 saturated heterocycles. The minimum absolute atomic E-state index is 0.293. The van der Waals surface area contributed by atoms with Crippen LogP contribution in [0.4, 0.5) is 0 Å². The Morgan fingerprint density at radius 2 is 2.00 bits per heavy atom. The maximum Gasteiger partial charge on any atom is 0.252 e. The first-order valence-corrected chi connectivity index (χ1v) is 5.29. The summed E-state index contributed by atoms with van der Waals surface area (Å²) in [7, 11) is 0. The Morgan fingerprint density at radius 3 is 2.75 bits per heavy atom. The van der Waals surface area contributed by atoms with Crippen molar-refractivity contribution in [2.45, 2.75) is 13.5 Å². The Bertz CT molecular complexity index is 474. The van der Waals surface area contributed by atoms with Crippen LogP contribution >= 0.6 is 11.6 Å². The first kappa shape index (κ1) is 10.9. The van der Waals surface area contributed by atoms with Gasteiger partial charge in [-0.15, -0.1) is 0 Å². The molecule has 16 heavy (non-hydrogen) atoms. The summed E-state index contributed by atoms with van der Waals surface area (Å²) in [6.45, 7) is 2.29. The second-order valence-corrected chi connectivity index (χ2v) is 3.74. The van der Waals surface area contributed by atoms with Gasteiger partial charge in [0.25, 0.3) is 5.88 Å². The quantitative estimate of drug-likeness (QED) is 0.819. The third kappa shape index (κ3) is 2.70. The molecule has 2 aromatic rings. The van der Waals surface area contributed by atoms with E-state index in [-0.39, 0.29) is 0 Å². The summed E-state index contributed by atoms with van der Waals surface area (Å²) in [6, 6.07) is 9.85. The molecule has 0 saturated carbocycles. The van der Waals surface area contributed by atoms with Gasteiger partial charge in [0.2, 0.25) is 0 Å². The lowest BCUT2D eigenvalue weighted by Gasteiger charge is -2.06. The molecule has 0 radical (unpaired) electrons. The fraction of sp³-hybridized carbons (Fsp3) is 0.167. The molecule has 0 unspecified atom stereocenters. The Kier molecular flexibility index (Phi) is 3.37. The number of ether oxygens (including phenoxy) is 1. The Labute approximate surface area is 99.1 Å². The third-order valence-electron chi connectivity index (χ3n) is 2.04. The highest BCUT2D eigenvalue weighted by Gasteiger charge is 2.05. The average molecular weight is 235 g/mol. The van der Waals surface area contributed by atoms with Crippen molar-refractivity contribution in [3.05, 3.63) is 52.9 Å². The number of nitrogens with zero attached hydrogens (tertiary/aromatic N) is 2. The molecule has 2 rings (SSSR count). The van der Waals surface area contributed by atoms with Gasteiger partial charge >= 0.3 is 0 Å². The van der Waals surface area contributed by atoms with Crippen molar-refractivity contribution in [1.82, 2.24) is 9.97 Å². The van der Waals surface area contributed by atoms with E-state index >= 15 is 0 Å². The maximum atomic E-state index is 5.86. The molecule has 82 valence electrons. The smallest absolute Gasteiger partial charge is 0.252 e. The van der Waals surface area contributed by atoms with Crippen LogP contribution in [0.3, 0.4) is 0 Å². The van der Waals surface area contributed by atoms with E-state index in [1.807, 2.05) is 37.3 Å². The van der Waals surface area contributed by atoms with Crippen LogP contribution in [-0.2, 0) is 6.61 Å². The van der Waals surface area contributed by atoms with Gasteiger partial charge in [-0.2, -0.15) is 0 Å². The number of halogens is 1. The summed E-state index contributed by atoms with van der Waals surface area (Å²) < 4.78 is 5.50. The van der Waals surface area contributed by atoms with Crippen molar-refractivity contribution in [2.24, 2.45) is 0 Å². The van der Waals surface area contributed by atoms with Crippen LogP contribution in [0.15, 0.2) is 36.5 Å². The Hall–Kier alpha value is -1.61. The summed E-state index contributed by atoms with van der Waals surface area (Å²) in [4.78, 5) is 8.14. The van der Waals surface area contributed by atoms with Gasteiger partial charge in [-0.25, -0.2) is 9.97 Å². The topological polar surface area (TPSA) is 35.0 Å². The molecule has 4 heteroatoms. The van der Waals surface area contributed by atoms with Crippen LogP contribution in [0.5, 0.6) is 5.88 Å². The fourth-order valence-electron chi connectivity index (χ4n) is 1.26. The molecular formula is C12H11ClN2O. The lowest BCUT2D eigenvalue weighted by atomic mass is 10.2. The molecular weight excluding hydrogens is 224 g/mol. The van der Waals surface area contributed by atoms with E-state index in [1.54, 1.807) is 6.20 Å². The van der Waals surface area contributed by atoms with Gasteiger partial charge in [0.15, 0.2) is 5.15 Å². The average Bonchev–Trinajstić information content (AvgIpc) is 2.32. The van der Waals surface area contributed by atoms with Crippen LogP contribution in [0.2, 0.25) is 5.15 Å². The zero-order chi connectivity index (χ0) is 11.4. The largest absolute Gasteiger partial charge is 0.471 e. The van der Waals surface area contributed by atoms with Crippen molar-refractivity contribution < 1.29 is 4.74 Å². The number of hydrogen-bond donors (Lipinski definition) is 0. The predicted molar refractivity (Wildman–Crippen MR) is 62.6 cm³/mol. The zero-order valence-electron chi connectivity index (χ0n) is 8.85. The minimum atomic E-state index is 0.293. The lowest BCUT2D eigenvalue weighted by molar-refractivity contribution is 0.292. The van der Waals surface area contributed by atoms with Crippen molar-refractivity contribution in [1.29, 1.82) is 0 Å². The number of rotatable bonds is 3. The van der Waals surface area contributed by atoms with Crippen molar-refractivity contribution in [3.63, 3.8) is 0 Å². The first-order chi connectivity index (χ1) is 7.75. The van der Waals surface area contributed by atoms with Gasteiger partial charge in [0.1, 0.15) is 6.61 Å². The van der Waals surface area contributed by atoms with Gasteiger partial charge < -0.3 is 4.74 Å². The molecule has 0 N–H and O–H groups in total. The molecule has 1 heterocycles. The predicted octanol–water partition coefficient (Wildman–Crippen LogP) is 3.02. The van der Waals surface area contributed by atoms with Crippen molar-refractivity contribution in [2.75, 3.05) is 0 Å². The molecule has 1 aromatic carbocycles. The molecule has 3 nitrogen and oxygen atoms in total. The number of aromatic nitrogens is 2. The molecule has 0 atom stereocenters. The van der Waals surface area contributed by atoms with Gasteiger partial charge in [-0.3, -0.25) is 0 Å². The lowest BCUT2D eigenvalue weighted by Crippen LogP contribution is -1.99. The summed E-state index contributed by atoms with van der Waals surface area (Å²) in [5, 5.41) is 0.293. The molecule has 0 aliphatic heterocycles. The molecule has 0 aliphatic rings. The van der Waals surface area contributed by atoms with Crippen LogP contribution in [0, 0.1) is 6.92 Å². The molecule has 1 aromatic heterocycles. The monoisotopic (exact) mass is 234 g/mol. The molecule has 0 spiro atoms. The summed E-state index contributed by atoms with van der Waals surface area (Å²) in [5.74, 6) is 0.380. The van der Waals surface area contributed by atoms with E-state index in [9.17, 15) is 0 Å². The SMILES string of the molecule is Cc1cnc(Cl)c(OCc2ccccc2)n1. The standard InChI is InChI=1S/C12H11ClN2O/c1-9-7-14-11(13)12(15-9)16-8-10-5-3-2-4-6-10/h2-7H,8H2,1H3. The number of aryl methyl sites for hydroxylation is 1. The van der Waals surface area contributed by atoms with E-state index in [0.29, 0.717) is 17.6 Å². The van der Waals surface area contributed by atoms with Gasteiger partial charge in [-0.05, 0) is 12.5 Å². The second kappa shape index (κ2) is 4.94. The minimum Gasteiger partial charge on any atom is -0.471 e. The van der Waals surface area contributed by atoms with Crippen LogP contribution < -0.4 is 4.74 Å². The third-order valence-corrected chi connectivity index (χ3v) is 2.30. The van der Waals surface area contributed by atoms with E-state index in [1.165, 1.54) is 0 Å². The van der Waals surface area contributed by atoms with Crippen LogP contribution in [0.1, 0.15) is 11.3 Å². The van der Waals surface area contributed by atoms with Gasteiger partial charge in [-0.1, -0.05) is 41.9 Å². The fourth-order valence-corrected chi connectivity index (χ4v) is 1.40. The summed E-state index contributed by atoms with van der Waals surface area (Å²) in [5.41, 5.74) is 1.86. The molecule has 0 bridgehead atoms. The molecule has 0 fully saturated rings. The molecule has 0 aliphatic carbocycles. The molecule has 0 amide bonds. The second-order valence-electron chi connectivity index (χ2n) is 3.38. The van der Waals surface area contributed by atoms with Crippen molar-refractivity contribution >= 4 is 11.6 Å². The summed E-state index contributed by atoms with van der Waals surface area (Å²) in [6.07, 6.45) is 1.61. The number of benzene rings is 1. The summed E-state index contributed by atoms with van der Waals surface area (Å²) >= 11 is 5.86. The maximum absolute atomic E-state index is 5.86. The first-order valence-electron chi connectivity index (χ1n) is 4.91. The Balaban J connectivity index is 2.08. The normalized spacial score (nSPS) is 10.1. The highest BCUT2D eigenvalue weighted by molar-refractivity contribution is 6.30. The van der Waals surface area contributed by atoms with E-state index in [0.717, 1.165) is 11.3 Å². The highest BCUT2D eigenvalue weighted by Crippen LogP contribution is 2.19. The number of hydrogen-bond acceptors (Lipinski definition) is 3. The highest BCUT2D eigenvalue weighted by atomic mass is 35.5. The van der Waals surface area contributed by atoms with E-state index < -0.39 is 0 Å². The van der Waals surface area contributed by atoms with E-state index in [4.69, 9.17) is 16.3 Å². The van der Waals surface area contributed by atoms with Crippen LogP contribution in [0.25, 0.3) is 0 Å². The van der Waals surface area contributed by atoms with Gasteiger partial charge in [0.05, 0.1) is 11.9 Å². The van der Waals surface area contributed by atoms with Crippen molar-refractivity contribution in [3.8, 4) is 5.88 Å². The van der Waals surface area contributed by atoms with E-state index in [2.05, 4.69) is 9.97 Å².